The van der Waals surface area contributed by atoms with Crippen molar-refractivity contribution in [3.05, 3.63) is 108 Å². The van der Waals surface area contributed by atoms with Crippen LogP contribution in [0.1, 0.15) is 43.9 Å². The van der Waals surface area contributed by atoms with Crippen LogP contribution in [0, 0.1) is 0 Å². The van der Waals surface area contributed by atoms with Crippen LogP contribution in [0.2, 0.25) is 0 Å². The Labute approximate surface area is 258 Å². The van der Waals surface area contributed by atoms with Crippen LogP contribution in [0.4, 0.5) is 9.59 Å². The Kier molecular flexibility index (Phi) is 12.6. The molecule has 5 amide bonds. The van der Waals surface area contributed by atoms with Crippen LogP contribution in [0.25, 0.3) is 0 Å². The van der Waals surface area contributed by atoms with E-state index in [1.807, 2.05) is 66.7 Å². The number of nitrogens with zero attached hydrogens (tertiary/aromatic N) is 2. The van der Waals surface area contributed by atoms with Crippen LogP contribution < -0.4 is 10.6 Å². The number of hydrogen-bond acceptors (Lipinski definition) is 6. The lowest BCUT2D eigenvalue weighted by atomic mass is 10.1. The quantitative estimate of drug-likeness (QED) is 0.279. The number of ether oxygens (including phenoxy) is 1. The van der Waals surface area contributed by atoms with Gasteiger partial charge in [0.15, 0.2) is 0 Å². The number of Topliss-reactive ketones (excluding diaryl/α,β-unsaturated/α-hetero) is 1. The number of nitrogens with one attached hydrogen (secondary N) is 2. The fourth-order valence-corrected chi connectivity index (χ4v) is 4.22. The predicted octanol–water partition coefficient (Wildman–Crippen LogP) is 4.48. The molecule has 0 atom stereocenters. The Bertz CT molecular complexity index is 1390. The fraction of sp³-hybridized carbons (Fsp3) is 0.324. The minimum absolute atomic E-state index is 0.00263. The second-order valence-corrected chi connectivity index (χ2v) is 11.2. The van der Waals surface area contributed by atoms with Crippen molar-refractivity contribution in [1.82, 2.24) is 20.4 Å². The Hall–Kier alpha value is -4.99. The first-order valence-corrected chi connectivity index (χ1v) is 14.5. The average molecular weight is 601 g/mol. The summed E-state index contributed by atoms with van der Waals surface area (Å²) in [7, 11) is 0. The lowest BCUT2D eigenvalue weighted by Gasteiger charge is -2.29. The van der Waals surface area contributed by atoms with Gasteiger partial charge in [0.2, 0.25) is 11.7 Å². The number of imide groups is 1. The smallest absolute Gasteiger partial charge is 0.407 e. The number of carbonyl (C=O) groups excluding carboxylic acids is 5. The first-order valence-electron chi connectivity index (χ1n) is 14.5. The van der Waals surface area contributed by atoms with Gasteiger partial charge in [-0.2, -0.15) is 0 Å². The van der Waals surface area contributed by atoms with E-state index in [9.17, 15) is 24.0 Å². The summed E-state index contributed by atoms with van der Waals surface area (Å²) in [4.78, 5) is 67.5. The first-order chi connectivity index (χ1) is 21.0. The predicted molar refractivity (Wildman–Crippen MR) is 166 cm³/mol. The van der Waals surface area contributed by atoms with Gasteiger partial charge >= 0.3 is 12.1 Å². The van der Waals surface area contributed by atoms with Crippen molar-refractivity contribution >= 4 is 29.7 Å². The van der Waals surface area contributed by atoms with Gasteiger partial charge in [0, 0.05) is 32.6 Å². The van der Waals surface area contributed by atoms with E-state index in [4.69, 9.17) is 4.74 Å². The summed E-state index contributed by atoms with van der Waals surface area (Å²) < 4.78 is 5.23. The normalized spacial score (nSPS) is 10.8. The van der Waals surface area contributed by atoms with Gasteiger partial charge in [0.05, 0.1) is 6.54 Å². The maximum absolute atomic E-state index is 14.0. The molecule has 0 aromatic heterocycles. The number of ketones is 1. The van der Waals surface area contributed by atoms with E-state index in [2.05, 4.69) is 10.6 Å². The molecule has 0 saturated heterocycles. The van der Waals surface area contributed by atoms with Crippen molar-refractivity contribution in [2.75, 3.05) is 19.6 Å². The van der Waals surface area contributed by atoms with Crippen molar-refractivity contribution < 1.29 is 28.7 Å². The summed E-state index contributed by atoms with van der Waals surface area (Å²) in [5, 5.41) is 5.14. The van der Waals surface area contributed by atoms with Crippen molar-refractivity contribution in [3.63, 3.8) is 0 Å². The highest BCUT2D eigenvalue weighted by Crippen LogP contribution is 2.12. The van der Waals surface area contributed by atoms with Crippen LogP contribution in [-0.2, 0) is 38.6 Å². The zero-order valence-corrected chi connectivity index (χ0v) is 25.5. The monoisotopic (exact) mass is 600 g/mol. The lowest BCUT2D eigenvalue weighted by Crippen LogP contribution is -2.50. The second kappa shape index (κ2) is 16.6. The number of urea groups is 1. The zero-order chi connectivity index (χ0) is 32.0. The van der Waals surface area contributed by atoms with E-state index in [-0.39, 0.29) is 32.6 Å². The van der Waals surface area contributed by atoms with Crippen LogP contribution in [0.3, 0.4) is 0 Å². The molecule has 0 radical (unpaired) electrons. The molecule has 10 heteroatoms. The van der Waals surface area contributed by atoms with Crippen LogP contribution in [-0.4, -0.2) is 64.8 Å². The summed E-state index contributed by atoms with van der Waals surface area (Å²) in [5.74, 6) is -2.18. The number of hydrogen-bond donors (Lipinski definition) is 2. The third-order valence-electron chi connectivity index (χ3n) is 6.38. The number of alkyl carbamates (subject to hydrolysis) is 1. The molecule has 3 aromatic carbocycles. The van der Waals surface area contributed by atoms with Gasteiger partial charge in [-0.1, -0.05) is 91.0 Å². The average Bonchev–Trinajstić information content (AvgIpc) is 3.00. The molecular weight excluding hydrogens is 560 g/mol. The van der Waals surface area contributed by atoms with Gasteiger partial charge < -0.3 is 20.3 Å². The minimum atomic E-state index is -0.830. The zero-order valence-electron chi connectivity index (χ0n) is 25.5. The highest BCUT2D eigenvalue weighted by Gasteiger charge is 2.29. The summed E-state index contributed by atoms with van der Waals surface area (Å²) in [6, 6.07) is 26.8. The molecule has 3 rings (SSSR count). The van der Waals surface area contributed by atoms with E-state index >= 15 is 0 Å². The topological polar surface area (TPSA) is 125 Å². The van der Waals surface area contributed by atoms with Crippen LogP contribution >= 0.6 is 0 Å². The molecule has 0 unspecified atom stereocenters. The SMILES string of the molecule is CC(C)(C)OC(=O)NCCC(=O)N(CCc1ccccc1)C(=O)N(CC(=O)C(=O)NCc1ccccc1)Cc1ccccc1. The Morgan fingerprint density at radius 3 is 1.84 bits per heavy atom. The molecule has 10 nitrogen and oxygen atoms in total. The van der Waals surface area contributed by atoms with Crippen molar-refractivity contribution in [2.45, 2.75) is 52.3 Å². The van der Waals surface area contributed by atoms with E-state index in [1.165, 1.54) is 4.90 Å². The van der Waals surface area contributed by atoms with Gasteiger partial charge in [0.25, 0.3) is 5.91 Å². The Morgan fingerprint density at radius 2 is 1.27 bits per heavy atom. The molecule has 0 spiro atoms. The molecule has 0 heterocycles. The molecule has 0 aliphatic heterocycles. The standard InChI is InChI=1S/C34H40N4O6/c1-34(2,3)44-32(42)35-21-19-30(40)38(22-20-26-13-7-4-8-14-26)33(43)37(24-28-17-11-6-12-18-28)25-29(39)31(41)36-23-27-15-9-5-10-16-27/h4-18H,19-25H2,1-3H3,(H,35,42)(H,36,41). The largest absolute Gasteiger partial charge is 0.444 e. The lowest BCUT2D eigenvalue weighted by molar-refractivity contribution is -0.138. The summed E-state index contributed by atoms with van der Waals surface area (Å²) in [6.07, 6.45) is -0.474. The summed E-state index contributed by atoms with van der Waals surface area (Å²) in [5.41, 5.74) is 1.75. The van der Waals surface area contributed by atoms with Crippen molar-refractivity contribution in [3.8, 4) is 0 Å². The molecule has 2 N–H and O–H groups in total. The van der Waals surface area contributed by atoms with Crippen molar-refractivity contribution in [2.24, 2.45) is 0 Å². The van der Waals surface area contributed by atoms with Gasteiger partial charge in [0.1, 0.15) is 5.60 Å². The Balaban J connectivity index is 1.76. The molecule has 0 bridgehead atoms. The van der Waals surface area contributed by atoms with E-state index in [0.29, 0.717) is 6.42 Å². The molecule has 0 aliphatic carbocycles. The molecular formula is C34H40N4O6. The van der Waals surface area contributed by atoms with Crippen LogP contribution in [0.15, 0.2) is 91.0 Å². The van der Waals surface area contributed by atoms with Crippen LogP contribution in [0.5, 0.6) is 0 Å². The first kappa shape index (κ1) is 33.5. The van der Waals surface area contributed by atoms with E-state index < -0.39 is 41.9 Å². The second-order valence-electron chi connectivity index (χ2n) is 11.2. The van der Waals surface area contributed by atoms with Gasteiger partial charge in [-0.05, 0) is 43.9 Å². The Morgan fingerprint density at radius 1 is 0.727 bits per heavy atom. The van der Waals surface area contributed by atoms with Gasteiger partial charge in [-0.3, -0.25) is 19.3 Å². The third-order valence-corrected chi connectivity index (χ3v) is 6.38. The maximum Gasteiger partial charge on any atom is 0.407 e. The fourth-order valence-electron chi connectivity index (χ4n) is 4.22. The summed E-state index contributed by atoms with van der Waals surface area (Å²) >= 11 is 0. The van der Waals surface area contributed by atoms with Gasteiger partial charge in [-0.25, -0.2) is 9.59 Å². The number of rotatable bonds is 13. The maximum atomic E-state index is 14.0. The third kappa shape index (κ3) is 11.7. The highest BCUT2D eigenvalue weighted by atomic mass is 16.6. The molecule has 3 aromatic rings. The molecule has 0 saturated carbocycles. The number of amides is 5. The van der Waals surface area contributed by atoms with E-state index in [1.54, 1.807) is 45.0 Å². The summed E-state index contributed by atoms with van der Waals surface area (Å²) in [6.45, 7) is 4.80. The number of benzene rings is 3. The molecule has 44 heavy (non-hydrogen) atoms. The minimum Gasteiger partial charge on any atom is -0.444 e. The molecule has 232 valence electrons. The molecule has 0 fully saturated rings. The van der Waals surface area contributed by atoms with E-state index in [0.717, 1.165) is 21.6 Å². The van der Waals surface area contributed by atoms with Gasteiger partial charge in [-0.15, -0.1) is 0 Å². The van der Waals surface area contributed by atoms with Crippen molar-refractivity contribution in [1.29, 1.82) is 0 Å². The molecule has 0 aliphatic rings. The highest BCUT2D eigenvalue weighted by molar-refractivity contribution is 6.37. The number of carbonyl (C=O) groups is 5.